The fourth-order valence-electron chi connectivity index (χ4n) is 2.73. The number of rotatable bonds is 2. The van der Waals surface area contributed by atoms with Crippen molar-refractivity contribution in [2.75, 3.05) is 5.73 Å². The second-order valence-corrected chi connectivity index (χ2v) is 5.85. The molecule has 0 atom stereocenters. The van der Waals surface area contributed by atoms with Crippen LogP contribution in [0.1, 0.15) is 18.9 Å². The number of nitrogens with zero attached hydrogens (tertiary/aromatic N) is 2. The maximum absolute atomic E-state index is 14.0. The fourth-order valence-corrected chi connectivity index (χ4v) is 2.97. The van der Waals surface area contributed by atoms with Gasteiger partial charge in [0, 0.05) is 22.3 Å². The molecule has 2 N–H and O–H groups in total. The van der Waals surface area contributed by atoms with E-state index in [2.05, 4.69) is 9.55 Å². The Hall–Kier alpha value is -2.07. The van der Waals surface area contributed by atoms with Crippen LogP contribution in [0.15, 0.2) is 36.4 Å². The minimum Gasteiger partial charge on any atom is -0.399 e. The number of halogens is 2. The highest BCUT2D eigenvalue weighted by atomic mass is 35.5. The number of hydrogen-bond acceptors (Lipinski definition) is 2. The molecule has 4 rings (SSSR count). The van der Waals surface area contributed by atoms with Crippen LogP contribution in [0.3, 0.4) is 0 Å². The third-order valence-corrected chi connectivity index (χ3v) is 3.98. The molecule has 0 radical (unpaired) electrons. The van der Waals surface area contributed by atoms with Gasteiger partial charge in [0.15, 0.2) is 5.82 Å². The number of nitrogens with two attached hydrogens (primary N) is 1. The van der Waals surface area contributed by atoms with E-state index in [1.54, 1.807) is 12.1 Å². The monoisotopic (exact) mass is 301 g/mol. The van der Waals surface area contributed by atoms with Crippen molar-refractivity contribution in [2.24, 2.45) is 0 Å². The summed E-state index contributed by atoms with van der Waals surface area (Å²) in [6.45, 7) is 0. The van der Waals surface area contributed by atoms with Gasteiger partial charge in [-0.05, 0) is 43.2 Å². The number of para-hydroxylation sites is 1. The number of anilines is 1. The lowest BCUT2D eigenvalue weighted by atomic mass is 10.2. The quantitative estimate of drug-likeness (QED) is 0.712. The second kappa shape index (κ2) is 4.46. The van der Waals surface area contributed by atoms with E-state index >= 15 is 0 Å². The lowest BCUT2D eigenvalue weighted by Gasteiger charge is -2.08. The molecule has 21 heavy (non-hydrogen) atoms. The Labute approximate surface area is 126 Å². The molecule has 3 aromatic rings. The molecule has 1 heterocycles. The van der Waals surface area contributed by atoms with Gasteiger partial charge in [0.05, 0.1) is 5.52 Å². The third-order valence-electron chi connectivity index (χ3n) is 3.76. The fraction of sp³-hybridized carbons (Fsp3) is 0.188. The number of benzene rings is 2. The van der Waals surface area contributed by atoms with E-state index in [9.17, 15) is 4.39 Å². The first-order valence-corrected chi connectivity index (χ1v) is 7.24. The van der Waals surface area contributed by atoms with Gasteiger partial charge in [-0.1, -0.05) is 17.7 Å². The van der Waals surface area contributed by atoms with Crippen molar-refractivity contribution in [3.63, 3.8) is 0 Å². The molecule has 0 bridgehead atoms. The Morgan fingerprint density at radius 3 is 2.76 bits per heavy atom. The van der Waals surface area contributed by atoms with Gasteiger partial charge in [0.1, 0.15) is 11.3 Å². The van der Waals surface area contributed by atoms with E-state index in [-0.39, 0.29) is 5.82 Å². The van der Waals surface area contributed by atoms with Crippen LogP contribution in [0.25, 0.3) is 22.4 Å². The highest BCUT2D eigenvalue weighted by Crippen LogP contribution is 2.42. The molecule has 1 fully saturated rings. The number of imidazole rings is 1. The molecule has 0 saturated heterocycles. The Bertz CT molecular complexity index is 832. The molecule has 1 aliphatic rings. The van der Waals surface area contributed by atoms with Crippen LogP contribution < -0.4 is 5.73 Å². The van der Waals surface area contributed by atoms with Crippen LogP contribution in [0, 0.1) is 5.82 Å². The lowest BCUT2D eigenvalue weighted by Crippen LogP contribution is -1.98. The Morgan fingerprint density at radius 2 is 2.05 bits per heavy atom. The van der Waals surface area contributed by atoms with Crippen molar-refractivity contribution in [1.82, 2.24) is 9.55 Å². The van der Waals surface area contributed by atoms with Gasteiger partial charge in [-0.25, -0.2) is 9.37 Å². The summed E-state index contributed by atoms with van der Waals surface area (Å²) in [5.41, 5.74) is 8.49. The number of aromatic nitrogens is 2. The van der Waals surface area contributed by atoms with Crippen molar-refractivity contribution < 1.29 is 4.39 Å². The van der Waals surface area contributed by atoms with Crippen LogP contribution in [0.4, 0.5) is 10.1 Å². The molecule has 1 saturated carbocycles. The predicted octanol–water partition coefficient (Wildman–Crippen LogP) is 4.41. The summed E-state index contributed by atoms with van der Waals surface area (Å²) in [7, 11) is 0. The summed E-state index contributed by atoms with van der Waals surface area (Å²) in [6, 6.07) is 10.8. The minimum absolute atomic E-state index is 0.303. The third kappa shape index (κ3) is 2.07. The van der Waals surface area contributed by atoms with Crippen molar-refractivity contribution in [1.29, 1.82) is 0 Å². The topological polar surface area (TPSA) is 43.8 Å². The molecule has 0 spiro atoms. The summed E-state index contributed by atoms with van der Waals surface area (Å²) in [5, 5.41) is 0.555. The van der Waals surface area contributed by atoms with Gasteiger partial charge >= 0.3 is 0 Å². The summed E-state index contributed by atoms with van der Waals surface area (Å²) in [5.74, 6) is 0.426. The van der Waals surface area contributed by atoms with Gasteiger partial charge in [-0.2, -0.15) is 0 Å². The van der Waals surface area contributed by atoms with Crippen LogP contribution in [0.2, 0.25) is 5.02 Å². The van der Waals surface area contributed by atoms with Crippen molar-refractivity contribution in [3.8, 4) is 11.4 Å². The first-order valence-electron chi connectivity index (χ1n) is 6.86. The molecule has 2 aromatic carbocycles. The van der Waals surface area contributed by atoms with E-state index in [0.717, 1.165) is 29.7 Å². The molecule has 0 amide bonds. The number of nitrogen functional groups attached to an aromatic ring is 1. The minimum atomic E-state index is -0.303. The van der Waals surface area contributed by atoms with E-state index in [1.807, 2.05) is 18.2 Å². The summed E-state index contributed by atoms with van der Waals surface area (Å²) in [4.78, 5) is 4.50. The molecule has 106 valence electrons. The van der Waals surface area contributed by atoms with E-state index in [4.69, 9.17) is 17.3 Å². The van der Waals surface area contributed by atoms with Crippen LogP contribution in [-0.4, -0.2) is 9.55 Å². The summed E-state index contributed by atoms with van der Waals surface area (Å²) in [6.07, 6.45) is 2.18. The summed E-state index contributed by atoms with van der Waals surface area (Å²) < 4.78 is 16.1. The molecular weight excluding hydrogens is 289 g/mol. The number of fused-ring (bicyclic) bond motifs is 1. The van der Waals surface area contributed by atoms with E-state index in [0.29, 0.717) is 22.3 Å². The molecular formula is C16H13ClFN3. The average Bonchev–Trinajstić information content (AvgIpc) is 3.18. The highest BCUT2D eigenvalue weighted by Gasteiger charge is 2.29. The van der Waals surface area contributed by atoms with Crippen molar-refractivity contribution in [2.45, 2.75) is 18.9 Å². The van der Waals surface area contributed by atoms with Gasteiger partial charge < -0.3 is 10.3 Å². The SMILES string of the molecule is Nc1cc(Cl)cc(-c2nc3c(F)cccc3n2C2CC2)c1. The normalized spacial score (nSPS) is 14.8. The van der Waals surface area contributed by atoms with Gasteiger partial charge in [0.2, 0.25) is 0 Å². The Balaban J connectivity index is 2.03. The van der Waals surface area contributed by atoms with Crippen LogP contribution in [-0.2, 0) is 0 Å². The molecule has 0 unspecified atom stereocenters. The molecule has 1 aromatic heterocycles. The standard InChI is InChI=1S/C16H13ClFN3/c17-10-6-9(7-11(19)8-10)16-20-15-13(18)2-1-3-14(15)21(16)12-4-5-12/h1-3,6-8,12H,4-5,19H2. The maximum Gasteiger partial charge on any atom is 0.151 e. The lowest BCUT2D eigenvalue weighted by molar-refractivity contribution is 0.637. The van der Waals surface area contributed by atoms with Crippen LogP contribution >= 0.6 is 11.6 Å². The first kappa shape index (κ1) is 12.7. The zero-order valence-corrected chi connectivity index (χ0v) is 11.9. The Morgan fingerprint density at radius 1 is 1.24 bits per heavy atom. The molecule has 3 nitrogen and oxygen atoms in total. The zero-order valence-electron chi connectivity index (χ0n) is 11.2. The van der Waals surface area contributed by atoms with Gasteiger partial charge in [0.25, 0.3) is 0 Å². The molecule has 0 aliphatic heterocycles. The van der Waals surface area contributed by atoms with Crippen LogP contribution in [0.5, 0.6) is 0 Å². The highest BCUT2D eigenvalue weighted by molar-refractivity contribution is 6.31. The zero-order chi connectivity index (χ0) is 14.6. The van der Waals surface area contributed by atoms with Crippen molar-refractivity contribution >= 4 is 28.3 Å². The largest absolute Gasteiger partial charge is 0.399 e. The molecule has 1 aliphatic carbocycles. The predicted molar refractivity (Wildman–Crippen MR) is 82.8 cm³/mol. The van der Waals surface area contributed by atoms with E-state index < -0.39 is 0 Å². The first-order chi connectivity index (χ1) is 10.1. The second-order valence-electron chi connectivity index (χ2n) is 5.42. The Kier molecular flexibility index (Phi) is 2.69. The smallest absolute Gasteiger partial charge is 0.151 e. The number of hydrogen-bond donors (Lipinski definition) is 1. The van der Waals surface area contributed by atoms with Gasteiger partial charge in [-0.15, -0.1) is 0 Å². The average molecular weight is 302 g/mol. The summed E-state index contributed by atoms with van der Waals surface area (Å²) >= 11 is 6.09. The van der Waals surface area contributed by atoms with E-state index in [1.165, 1.54) is 6.07 Å². The maximum atomic E-state index is 14.0. The van der Waals surface area contributed by atoms with Gasteiger partial charge in [-0.3, -0.25) is 0 Å². The molecule has 5 heteroatoms. The van der Waals surface area contributed by atoms with Crippen molar-refractivity contribution in [3.05, 3.63) is 47.2 Å².